The number of anilines is 2. The van der Waals surface area contributed by atoms with Crippen LogP contribution in [0, 0.1) is 6.92 Å². The normalized spacial score (nSPS) is 15.4. The second-order valence-electron chi connectivity index (χ2n) is 8.12. The van der Waals surface area contributed by atoms with Crippen LogP contribution in [0.5, 0.6) is 0 Å². The minimum Gasteiger partial charge on any atom is -0.360 e. The highest BCUT2D eigenvalue weighted by Crippen LogP contribution is 2.29. The third-order valence-electron chi connectivity index (χ3n) is 5.69. The number of benzene rings is 1. The Morgan fingerprint density at radius 2 is 1.78 bits per heavy atom. The van der Waals surface area contributed by atoms with Crippen LogP contribution in [-0.4, -0.2) is 87.3 Å². The highest BCUT2D eigenvalue weighted by atomic mass is 32.2. The Bertz CT molecular complexity index is 1300. The van der Waals surface area contributed by atoms with E-state index in [0.29, 0.717) is 58.4 Å². The molecule has 2 aliphatic rings. The number of fused-ring (bicyclic) bond motifs is 1. The van der Waals surface area contributed by atoms with E-state index in [4.69, 9.17) is 4.52 Å². The lowest BCUT2D eigenvalue weighted by molar-refractivity contribution is -0.131. The van der Waals surface area contributed by atoms with Gasteiger partial charge in [0.2, 0.25) is 16.9 Å². The van der Waals surface area contributed by atoms with Gasteiger partial charge in [-0.2, -0.15) is 0 Å². The number of carbonyl (C=O) groups excluding carboxylic acids is 4. The number of amides is 4. The maximum Gasteiger partial charge on any atom is 0.262 e. The number of aromatic nitrogens is 3. The Hall–Kier alpha value is -3.78. The highest BCUT2D eigenvalue weighted by molar-refractivity contribution is 8.01. The van der Waals surface area contributed by atoms with Crippen molar-refractivity contribution in [1.29, 1.82) is 0 Å². The maximum absolute atomic E-state index is 12.8. The largest absolute Gasteiger partial charge is 0.360 e. The van der Waals surface area contributed by atoms with Crippen molar-refractivity contribution in [2.45, 2.75) is 11.3 Å². The number of rotatable bonds is 7. The molecule has 1 saturated heterocycles. The van der Waals surface area contributed by atoms with Gasteiger partial charge in [-0.25, -0.2) is 0 Å². The lowest BCUT2D eigenvalue weighted by Gasteiger charge is -2.34. The van der Waals surface area contributed by atoms with Crippen LogP contribution in [0.25, 0.3) is 0 Å². The Kier molecular flexibility index (Phi) is 6.69. The van der Waals surface area contributed by atoms with E-state index in [1.807, 2.05) is 4.90 Å². The monoisotopic (exact) mass is 527 g/mol. The lowest BCUT2D eigenvalue weighted by atomic mass is 10.1. The summed E-state index contributed by atoms with van der Waals surface area (Å²) < 4.78 is 5.58. The third kappa shape index (κ3) is 4.95. The van der Waals surface area contributed by atoms with Crippen LogP contribution in [-0.2, 0) is 9.59 Å². The van der Waals surface area contributed by atoms with Gasteiger partial charge in [0.25, 0.3) is 11.8 Å². The minimum absolute atomic E-state index is 0.153. The number of nitrogens with zero attached hydrogens (tertiary/aromatic N) is 6. The summed E-state index contributed by atoms with van der Waals surface area (Å²) in [6.45, 7) is 3.41. The van der Waals surface area contributed by atoms with Gasteiger partial charge in [-0.15, -0.1) is 10.2 Å². The van der Waals surface area contributed by atoms with Gasteiger partial charge in [0.1, 0.15) is 12.3 Å². The molecule has 186 valence electrons. The van der Waals surface area contributed by atoms with Crippen LogP contribution >= 0.6 is 23.1 Å². The molecule has 12 nitrogen and oxygen atoms in total. The SMILES string of the molecule is Cc1cc(NC(=O)CSc2nnc(N3CCN(C(=O)CN4C(=O)c5ccccc5C4=O)CC3)s2)no1. The van der Waals surface area contributed by atoms with E-state index < -0.39 is 11.8 Å². The van der Waals surface area contributed by atoms with Crippen molar-refractivity contribution in [2.24, 2.45) is 0 Å². The van der Waals surface area contributed by atoms with Crippen molar-refractivity contribution in [2.75, 3.05) is 48.7 Å². The predicted molar refractivity (Wildman–Crippen MR) is 131 cm³/mol. The van der Waals surface area contributed by atoms with E-state index in [-0.39, 0.29) is 24.1 Å². The van der Waals surface area contributed by atoms with E-state index in [0.717, 1.165) is 4.90 Å². The molecule has 2 aromatic heterocycles. The topological polar surface area (TPSA) is 142 Å². The second-order valence-corrected chi connectivity index (χ2v) is 10.3. The standard InChI is InChI=1S/C22H21N7O5S2/c1-13-10-16(26-34-13)23-17(30)12-35-22-25-24-21(36-22)28-8-6-27(7-9-28)18(31)11-29-19(32)14-4-2-3-5-15(14)20(29)33/h2-5,10H,6-9,11-12H2,1H3,(H,23,26,30). The lowest BCUT2D eigenvalue weighted by Crippen LogP contribution is -2.51. The molecular weight excluding hydrogens is 506 g/mol. The summed E-state index contributed by atoms with van der Waals surface area (Å²) >= 11 is 2.64. The van der Waals surface area contributed by atoms with Gasteiger partial charge in [0.05, 0.1) is 16.9 Å². The quantitative estimate of drug-likeness (QED) is 0.355. The zero-order valence-corrected chi connectivity index (χ0v) is 20.8. The number of thioether (sulfide) groups is 1. The van der Waals surface area contributed by atoms with Crippen molar-refractivity contribution in [3.05, 3.63) is 47.2 Å². The van der Waals surface area contributed by atoms with Crippen LogP contribution in [0.15, 0.2) is 39.2 Å². The molecule has 0 unspecified atom stereocenters. The Labute approximate surface area is 213 Å². The van der Waals surface area contributed by atoms with Gasteiger partial charge in [-0.1, -0.05) is 40.4 Å². The van der Waals surface area contributed by atoms with Gasteiger partial charge in [-0.3, -0.25) is 24.1 Å². The number of nitrogens with one attached hydrogen (secondary N) is 1. The Morgan fingerprint density at radius 1 is 1.08 bits per heavy atom. The highest BCUT2D eigenvalue weighted by Gasteiger charge is 2.37. The molecule has 2 aliphatic heterocycles. The summed E-state index contributed by atoms with van der Waals surface area (Å²) in [5.41, 5.74) is 0.659. The molecule has 0 atom stereocenters. The van der Waals surface area contributed by atoms with Crippen LogP contribution in [0.4, 0.5) is 10.9 Å². The molecule has 36 heavy (non-hydrogen) atoms. The van der Waals surface area contributed by atoms with Gasteiger partial charge < -0.3 is 19.6 Å². The Balaban J connectivity index is 1.09. The molecule has 0 saturated carbocycles. The third-order valence-corrected chi connectivity index (χ3v) is 7.81. The van der Waals surface area contributed by atoms with E-state index in [1.54, 1.807) is 42.2 Å². The van der Waals surface area contributed by atoms with Crippen molar-refractivity contribution in [3.8, 4) is 0 Å². The fraction of sp³-hybridized carbons (Fsp3) is 0.318. The van der Waals surface area contributed by atoms with E-state index in [2.05, 4.69) is 20.7 Å². The number of hydrogen-bond acceptors (Lipinski definition) is 11. The average molecular weight is 528 g/mol. The summed E-state index contributed by atoms with van der Waals surface area (Å²) in [5, 5.41) is 15.4. The molecule has 3 aromatic rings. The van der Waals surface area contributed by atoms with Crippen LogP contribution in [0.2, 0.25) is 0 Å². The molecular formula is C22H21N7O5S2. The molecule has 0 radical (unpaired) electrons. The number of carbonyl (C=O) groups is 4. The zero-order chi connectivity index (χ0) is 25.2. The van der Waals surface area contributed by atoms with E-state index in [1.165, 1.54) is 23.1 Å². The zero-order valence-electron chi connectivity index (χ0n) is 19.2. The predicted octanol–water partition coefficient (Wildman–Crippen LogP) is 1.51. The fourth-order valence-corrected chi connectivity index (χ4v) is 5.58. The van der Waals surface area contributed by atoms with Crippen LogP contribution in [0.1, 0.15) is 26.5 Å². The van der Waals surface area contributed by atoms with Gasteiger partial charge >= 0.3 is 0 Å². The first-order valence-electron chi connectivity index (χ1n) is 11.1. The molecule has 0 spiro atoms. The van der Waals surface area contributed by atoms with Gasteiger partial charge in [0, 0.05) is 32.2 Å². The first-order valence-corrected chi connectivity index (χ1v) is 12.9. The average Bonchev–Trinajstić information content (AvgIpc) is 3.59. The number of imide groups is 1. The molecule has 0 bridgehead atoms. The molecule has 1 N–H and O–H groups in total. The summed E-state index contributed by atoms with van der Waals surface area (Å²) in [4.78, 5) is 54.6. The Morgan fingerprint density at radius 3 is 2.42 bits per heavy atom. The van der Waals surface area contributed by atoms with Crippen molar-refractivity contribution in [1.82, 2.24) is 25.2 Å². The van der Waals surface area contributed by atoms with Crippen molar-refractivity contribution >= 4 is 57.7 Å². The van der Waals surface area contributed by atoms with E-state index in [9.17, 15) is 19.2 Å². The first-order chi connectivity index (χ1) is 17.4. The molecule has 1 fully saturated rings. The van der Waals surface area contributed by atoms with E-state index >= 15 is 0 Å². The minimum atomic E-state index is -0.439. The molecule has 1 aromatic carbocycles. The van der Waals surface area contributed by atoms with Crippen LogP contribution in [0.3, 0.4) is 0 Å². The number of piperazine rings is 1. The fourth-order valence-electron chi connectivity index (χ4n) is 3.89. The molecule has 4 amide bonds. The van der Waals surface area contributed by atoms with Crippen molar-refractivity contribution in [3.63, 3.8) is 0 Å². The van der Waals surface area contributed by atoms with Gasteiger partial charge in [0.15, 0.2) is 10.2 Å². The summed E-state index contributed by atoms with van der Waals surface area (Å²) in [5.74, 6) is -0.247. The first kappa shape index (κ1) is 23.9. The van der Waals surface area contributed by atoms with Crippen LogP contribution < -0.4 is 10.2 Å². The molecule has 0 aliphatic carbocycles. The second kappa shape index (κ2) is 10.1. The van der Waals surface area contributed by atoms with Crippen molar-refractivity contribution < 1.29 is 23.7 Å². The van der Waals surface area contributed by atoms with Gasteiger partial charge in [-0.05, 0) is 19.1 Å². The summed E-state index contributed by atoms with van der Waals surface area (Å²) in [6.07, 6.45) is 0. The smallest absolute Gasteiger partial charge is 0.262 e. The molecule has 4 heterocycles. The molecule has 14 heteroatoms. The summed E-state index contributed by atoms with van der Waals surface area (Å²) in [7, 11) is 0. The number of hydrogen-bond donors (Lipinski definition) is 1. The molecule has 5 rings (SSSR count). The number of aryl methyl sites for hydroxylation is 1. The maximum atomic E-state index is 12.8. The summed E-state index contributed by atoms with van der Waals surface area (Å²) in [6, 6.07) is 8.21.